The van der Waals surface area contributed by atoms with Crippen molar-refractivity contribution in [3.63, 3.8) is 0 Å². The van der Waals surface area contributed by atoms with Gasteiger partial charge in [0.2, 0.25) is 0 Å². The second kappa shape index (κ2) is 5.00. The van der Waals surface area contributed by atoms with E-state index in [1.54, 1.807) is 25.4 Å². The van der Waals surface area contributed by atoms with Gasteiger partial charge in [0, 0.05) is 41.1 Å². The molecule has 0 unspecified atom stereocenters. The number of hydrogen-bond acceptors (Lipinski definition) is 3. The van der Waals surface area contributed by atoms with Gasteiger partial charge in [-0.1, -0.05) is 12.2 Å². The fraction of sp³-hybridized carbons (Fsp3) is 0.235. The Balaban J connectivity index is 1.99. The molecule has 2 aliphatic rings. The highest BCUT2D eigenvalue weighted by molar-refractivity contribution is 6.26. The van der Waals surface area contributed by atoms with E-state index < -0.39 is 0 Å². The Morgan fingerprint density at radius 3 is 2.65 bits per heavy atom. The molecule has 0 amide bonds. The first-order chi connectivity index (χ1) is 9.68. The molecule has 3 heteroatoms. The van der Waals surface area contributed by atoms with Crippen LogP contribution in [-0.4, -0.2) is 16.6 Å². The molecule has 0 bridgehead atoms. The van der Waals surface area contributed by atoms with E-state index in [4.69, 9.17) is 0 Å². The molecule has 1 heterocycles. The van der Waals surface area contributed by atoms with Gasteiger partial charge in [-0.3, -0.25) is 14.6 Å². The standard InChI is InChI=1S/C17H15NO2/c1-11-15(10-12-6-8-18-9-7-12)17(20)14-5-3-2-4-13(14)16(11)19/h2,4,6-9H,3,5,10H2,1H3. The summed E-state index contributed by atoms with van der Waals surface area (Å²) < 4.78 is 0. The first-order valence-electron chi connectivity index (χ1n) is 6.76. The number of carbonyl (C=O) groups excluding carboxylic acids is 2. The Hall–Kier alpha value is -2.29. The Morgan fingerprint density at radius 1 is 1.15 bits per heavy atom. The van der Waals surface area contributed by atoms with E-state index in [9.17, 15) is 9.59 Å². The summed E-state index contributed by atoms with van der Waals surface area (Å²) in [5.74, 6) is 0.0397. The zero-order valence-corrected chi connectivity index (χ0v) is 11.3. The molecule has 0 radical (unpaired) electrons. The fourth-order valence-electron chi connectivity index (χ4n) is 2.72. The first kappa shape index (κ1) is 12.7. The van der Waals surface area contributed by atoms with Crippen LogP contribution >= 0.6 is 0 Å². The van der Waals surface area contributed by atoms with Crippen LogP contribution in [0.3, 0.4) is 0 Å². The van der Waals surface area contributed by atoms with Crippen molar-refractivity contribution in [2.45, 2.75) is 26.2 Å². The molecule has 3 rings (SSSR count). The number of aromatic nitrogens is 1. The third-order valence-corrected chi connectivity index (χ3v) is 3.89. The molecule has 3 nitrogen and oxygen atoms in total. The van der Waals surface area contributed by atoms with Crippen LogP contribution in [0.1, 0.15) is 25.3 Å². The predicted octanol–water partition coefficient (Wildman–Crippen LogP) is 2.74. The van der Waals surface area contributed by atoms with Gasteiger partial charge < -0.3 is 0 Å². The number of nitrogens with zero attached hydrogens (tertiary/aromatic N) is 1. The zero-order chi connectivity index (χ0) is 14.1. The highest BCUT2D eigenvalue weighted by Gasteiger charge is 2.31. The highest BCUT2D eigenvalue weighted by Crippen LogP contribution is 2.32. The minimum absolute atomic E-state index is 0.000365. The number of Topliss-reactive ketones (excluding diaryl/α,β-unsaturated/α-hetero) is 2. The molecule has 0 fully saturated rings. The van der Waals surface area contributed by atoms with Crippen LogP contribution in [0.15, 0.2) is 59.0 Å². The summed E-state index contributed by atoms with van der Waals surface area (Å²) in [6, 6.07) is 3.76. The molecule has 0 saturated carbocycles. The summed E-state index contributed by atoms with van der Waals surface area (Å²) in [6.07, 6.45) is 9.17. The van der Waals surface area contributed by atoms with Gasteiger partial charge in [-0.2, -0.15) is 0 Å². The van der Waals surface area contributed by atoms with Crippen LogP contribution in [0, 0.1) is 0 Å². The molecule has 20 heavy (non-hydrogen) atoms. The van der Waals surface area contributed by atoms with Crippen LogP contribution < -0.4 is 0 Å². The highest BCUT2D eigenvalue weighted by atomic mass is 16.1. The van der Waals surface area contributed by atoms with Gasteiger partial charge in [-0.15, -0.1) is 0 Å². The van der Waals surface area contributed by atoms with Crippen molar-refractivity contribution < 1.29 is 9.59 Å². The summed E-state index contributed by atoms with van der Waals surface area (Å²) in [5, 5.41) is 0. The molecule has 0 N–H and O–H groups in total. The molecular weight excluding hydrogens is 250 g/mol. The monoisotopic (exact) mass is 265 g/mol. The Morgan fingerprint density at radius 2 is 1.90 bits per heavy atom. The van der Waals surface area contributed by atoms with Crippen molar-refractivity contribution >= 4 is 11.6 Å². The fourth-order valence-corrected chi connectivity index (χ4v) is 2.72. The lowest BCUT2D eigenvalue weighted by atomic mass is 9.79. The third kappa shape index (κ3) is 2.05. The number of hydrogen-bond donors (Lipinski definition) is 0. The van der Waals surface area contributed by atoms with Crippen molar-refractivity contribution in [2.24, 2.45) is 0 Å². The van der Waals surface area contributed by atoms with Crippen molar-refractivity contribution in [1.82, 2.24) is 4.98 Å². The predicted molar refractivity (Wildman–Crippen MR) is 76.1 cm³/mol. The number of rotatable bonds is 2. The van der Waals surface area contributed by atoms with E-state index in [1.807, 2.05) is 18.2 Å². The van der Waals surface area contributed by atoms with Gasteiger partial charge in [0.1, 0.15) is 0 Å². The summed E-state index contributed by atoms with van der Waals surface area (Å²) in [5.41, 5.74) is 3.50. The average Bonchev–Trinajstić information content (AvgIpc) is 2.50. The molecule has 2 aliphatic carbocycles. The van der Waals surface area contributed by atoms with E-state index >= 15 is 0 Å². The Bertz CT molecular complexity index is 678. The van der Waals surface area contributed by atoms with Gasteiger partial charge in [0.05, 0.1) is 0 Å². The van der Waals surface area contributed by atoms with E-state index in [1.165, 1.54) is 0 Å². The minimum Gasteiger partial charge on any atom is -0.289 e. The van der Waals surface area contributed by atoms with Gasteiger partial charge in [0.15, 0.2) is 11.6 Å². The largest absolute Gasteiger partial charge is 0.289 e. The smallest absolute Gasteiger partial charge is 0.189 e. The SMILES string of the molecule is CC1=C(Cc2ccncc2)C(=O)C2=C(C=CCC2)C1=O. The number of carbonyl (C=O) groups is 2. The second-order valence-corrected chi connectivity index (χ2v) is 5.13. The lowest BCUT2D eigenvalue weighted by Crippen LogP contribution is -2.24. The summed E-state index contributed by atoms with van der Waals surface area (Å²) in [4.78, 5) is 28.9. The molecular formula is C17H15NO2. The summed E-state index contributed by atoms with van der Waals surface area (Å²) in [6.45, 7) is 1.75. The van der Waals surface area contributed by atoms with E-state index in [-0.39, 0.29) is 11.6 Å². The molecule has 0 atom stereocenters. The van der Waals surface area contributed by atoms with Crippen LogP contribution in [0.25, 0.3) is 0 Å². The number of ketones is 2. The molecule has 0 spiro atoms. The maximum atomic E-state index is 12.6. The Kier molecular flexibility index (Phi) is 3.18. The van der Waals surface area contributed by atoms with E-state index in [0.717, 1.165) is 12.0 Å². The van der Waals surface area contributed by atoms with E-state index in [2.05, 4.69) is 4.98 Å². The van der Waals surface area contributed by atoms with Crippen LogP contribution in [0.5, 0.6) is 0 Å². The number of allylic oxidation sites excluding steroid dienone is 6. The van der Waals surface area contributed by atoms with Gasteiger partial charge >= 0.3 is 0 Å². The second-order valence-electron chi connectivity index (χ2n) is 5.13. The molecule has 0 saturated heterocycles. The van der Waals surface area contributed by atoms with E-state index in [0.29, 0.717) is 35.1 Å². The normalized spacial score (nSPS) is 18.6. The van der Waals surface area contributed by atoms with Crippen LogP contribution in [0.2, 0.25) is 0 Å². The average molecular weight is 265 g/mol. The van der Waals surface area contributed by atoms with Gasteiger partial charge in [-0.25, -0.2) is 0 Å². The molecule has 1 aromatic heterocycles. The molecule has 1 aromatic rings. The Labute approximate surface area is 117 Å². The van der Waals surface area contributed by atoms with Crippen molar-refractivity contribution in [2.75, 3.05) is 0 Å². The van der Waals surface area contributed by atoms with Gasteiger partial charge in [0.25, 0.3) is 0 Å². The van der Waals surface area contributed by atoms with Gasteiger partial charge in [-0.05, 0) is 37.5 Å². The van der Waals surface area contributed by atoms with Crippen molar-refractivity contribution in [3.8, 4) is 0 Å². The maximum Gasteiger partial charge on any atom is 0.189 e. The minimum atomic E-state index is -0.000365. The quantitative estimate of drug-likeness (QED) is 0.772. The zero-order valence-electron chi connectivity index (χ0n) is 11.3. The number of pyridine rings is 1. The molecule has 100 valence electrons. The van der Waals surface area contributed by atoms with Crippen molar-refractivity contribution in [3.05, 3.63) is 64.5 Å². The topological polar surface area (TPSA) is 47.0 Å². The van der Waals surface area contributed by atoms with Crippen LogP contribution in [-0.2, 0) is 16.0 Å². The van der Waals surface area contributed by atoms with Crippen molar-refractivity contribution in [1.29, 1.82) is 0 Å². The molecule has 0 aromatic carbocycles. The third-order valence-electron chi connectivity index (χ3n) is 3.89. The molecule has 0 aliphatic heterocycles. The summed E-state index contributed by atoms with van der Waals surface area (Å²) >= 11 is 0. The maximum absolute atomic E-state index is 12.6. The first-order valence-corrected chi connectivity index (χ1v) is 6.76. The van der Waals surface area contributed by atoms with Crippen LogP contribution in [0.4, 0.5) is 0 Å². The lowest BCUT2D eigenvalue weighted by molar-refractivity contribution is -0.116. The lowest BCUT2D eigenvalue weighted by Gasteiger charge is -2.22. The summed E-state index contributed by atoms with van der Waals surface area (Å²) in [7, 11) is 0.